The molecule has 0 N–H and O–H groups in total. The van der Waals surface area contributed by atoms with E-state index >= 15 is 0 Å². The topological polar surface area (TPSA) is 252 Å². The van der Waals surface area contributed by atoms with Gasteiger partial charge in [0.1, 0.15) is 0 Å². The van der Waals surface area contributed by atoms with Crippen LogP contribution in [-0.4, -0.2) is 55.0 Å². The molecule has 16 heteroatoms. The number of aliphatic imine (C=N–C) groups is 4. The van der Waals surface area contributed by atoms with Gasteiger partial charge in [0, 0.05) is 37.8 Å². The molecule has 13 nitrogen and oxygen atoms in total. The van der Waals surface area contributed by atoms with Gasteiger partial charge in [-0.2, -0.15) is 5.26 Å². The van der Waals surface area contributed by atoms with Crippen LogP contribution in [0.25, 0.3) is 0 Å². The Morgan fingerprint density at radius 2 is 0.840 bits per heavy atom. The third-order valence-electron chi connectivity index (χ3n) is 7.59. The maximum atomic E-state index is 13.2. The molecule has 2 radical (unpaired) electrons. The molecule has 0 saturated heterocycles. The van der Waals surface area contributed by atoms with Crippen LogP contribution in [-0.2, 0) is 38.9 Å². The predicted molar refractivity (Wildman–Crippen MR) is 166 cm³/mol. The summed E-state index contributed by atoms with van der Waals surface area (Å²) >= 11 is 0. The normalized spacial score (nSPS) is 20.6. The maximum absolute atomic E-state index is 13.2. The van der Waals surface area contributed by atoms with Gasteiger partial charge in [0.15, 0.2) is 0 Å². The van der Waals surface area contributed by atoms with E-state index in [4.69, 9.17) is 53.8 Å². The van der Waals surface area contributed by atoms with Gasteiger partial charge in [0.2, 0.25) is 0 Å². The molecule has 0 amide bonds. The van der Waals surface area contributed by atoms with Crippen molar-refractivity contribution in [2.75, 3.05) is 0 Å². The Morgan fingerprint density at radius 3 is 1.02 bits per heavy atom. The van der Waals surface area contributed by atoms with E-state index in [1.165, 1.54) is 6.92 Å². The Hall–Kier alpha value is -3.15. The molecule has 0 aromatic heterocycles. The van der Waals surface area contributed by atoms with Gasteiger partial charge >= 0.3 is 34.1 Å². The summed E-state index contributed by atoms with van der Waals surface area (Å²) in [4.78, 5) is 28.2. The summed E-state index contributed by atoms with van der Waals surface area (Å²) in [5.41, 5.74) is 4.40. The molecule has 2 saturated carbocycles. The summed E-state index contributed by atoms with van der Waals surface area (Å²) in [5, 5.41) is 42.7. The van der Waals surface area contributed by atoms with Crippen LogP contribution in [0.1, 0.15) is 98.6 Å². The Morgan fingerprint density at radius 1 is 0.660 bits per heavy atom. The second-order valence-electron chi connectivity index (χ2n) is 11.6. The molecule has 0 spiro atoms. The number of fused-ring (bicyclic) bond motifs is 6. The van der Waals surface area contributed by atoms with Gasteiger partial charge in [-0.05, 0) is 79.8 Å². The van der Waals surface area contributed by atoms with Crippen molar-refractivity contribution in [3.05, 3.63) is 57.6 Å². The second-order valence-corrected chi connectivity index (χ2v) is 12.3. The van der Waals surface area contributed by atoms with Crippen LogP contribution >= 0.6 is 0 Å². The molecule has 1 aliphatic heterocycles. The number of carboxylic acid groups (broad SMARTS) is 1. The van der Waals surface area contributed by atoms with E-state index in [9.17, 15) is 10.2 Å². The zero-order valence-electron chi connectivity index (χ0n) is 28.1. The van der Waals surface area contributed by atoms with Crippen molar-refractivity contribution in [3.8, 4) is 17.6 Å². The first kappa shape index (κ1) is 46.8. The van der Waals surface area contributed by atoms with Crippen LogP contribution in [0, 0.1) is 35.4 Å². The quantitative estimate of drug-likeness (QED) is 0.295. The molecule has 4 atom stereocenters. The molecule has 2 fully saturated rings. The number of rotatable bonds is 0. The van der Waals surface area contributed by atoms with Crippen molar-refractivity contribution in [3.63, 3.8) is 0 Å². The van der Waals surface area contributed by atoms with Crippen LogP contribution in [0.2, 0.25) is 0 Å². The molecule has 5 rings (SSSR count). The number of halogens is 1. The van der Waals surface area contributed by atoms with E-state index in [0.29, 0.717) is 22.3 Å². The molecule has 0 unspecified atom stereocenters. The molecular weight excluding hydrogens is 769 g/mol. The summed E-state index contributed by atoms with van der Waals surface area (Å²) in [5.74, 6) is -1.16. The Bertz CT molecular complexity index is 1350. The summed E-state index contributed by atoms with van der Waals surface area (Å²) < 4.78 is 34.0. The summed E-state index contributed by atoms with van der Waals surface area (Å²) in [6.45, 7) is 6.40. The fraction of sp³-hybridized carbons (Fsp3) is 0.471. The first-order valence-corrected chi connectivity index (χ1v) is 16.7. The van der Waals surface area contributed by atoms with Gasteiger partial charge in [-0.1, -0.05) is 61.4 Å². The molecule has 1 heterocycles. The van der Waals surface area contributed by atoms with Crippen LogP contribution in [0.5, 0.6) is 11.5 Å². The minimum absolute atomic E-state index is 0. The number of carbonyl (C=O) groups excluding carboxylic acids is 1. The predicted octanol–water partition coefficient (Wildman–Crippen LogP) is -1.01. The number of nitrogens with zero attached hydrogens (tertiary/aromatic N) is 5. The standard InChI is InChI=1S/C30H36N4O2.C2H3N.C2H4O2.ClHO4.2Cu/c1-19-11-21-15-31-25-7-3-5-9-27(25)33-17-23-13-20(2)14-24(30(23)36)18-34-28-10-6-4-8-26(28)32-16-22(12-19)29(21)35;1-2-3;1-2(3)4;2-1(3,4)5;;/h11-18,25-28,35-36H,3-10H2,1-2H3;1H3;1H3,(H,3,4);(H,2,3,4,5);;/q;;;;2*+2/p-4/t25-,26-,27-,28-;;;;;/m1...../s1. The number of hydrogen-bond acceptors (Lipinski definition) is 13. The fourth-order valence-corrected chi connectivity index (χ4v) is 5.63. The van der Waals surface area contributed by atoms with E-state index in [0.717, 1.165) is 69.4 Å². The van der Waals surface area contributed by atoms with E-state index in [1.54, 1.807) is 30.9 Å². The van der Waals surface area contributed by atoms with Crippen LogP contribution in [0.3, 0.4) is 0 Å². The summed E-state index contributed by atoms with van der Waals surface area (Å²) in [7, 11) is -4.94. The minimum Gasteiger partial charge on any atom is -0.872 e. The van der Waals surface area contributed by atoms with Crippen molar-refractivity contribution in [1.29, 1.82) is 5.26 Å². The van der Waals surface area contributed by atoms with Gasteiger partial charge in [-0.15, -0.1) is 10.2 Å². The van der Waals surface area contributed by atoms with E-state index in [2.05, 4.69) is 0 Å². The molecule has 4 bridgehead atoms. The van der Waals surface area contributed by atoms with E-state index in [1.807, 2.05) is 38.1 Å². The third-order valence-corrected chi connectivity index (χ3v) is 7.59. The first-order valence-electron chi connectivity index (χ1n) is 15.5. The largest absolute Gasteiger partial charge is 2.00 e. The van der Waals surface area contributed by atoms with Crippen molar-refractivity contribution in [2.24, 2.45) is 20.0 Å². The Balaban J connectivity index is 0.00000150. The zero-order valence-corrected chi connectivity index (χ0v) is 30.7. The van der Waals surface area contributed by atoms with Crippen molar-refractivity contribution < 1.29 is 83.1 Å². The average Bonchev–Trinajstić information content (AvgIpc) is 3.00. The van der Waals surface area contributed by atoms with Gasteiger partial charge in [0.25, 0.3) is 0 Å². The van der Waals surface area contributed by atoms with Crippen molar-refractivity contribution in [2.45, 2.75) is 103 Å². The second kappa shape index (κ2) is 23.3. The number of carboxylic acids is 1. The van der Waals surface area contributed by atoms with Gasteiger partial charge in [0.05, 0.1) is 30.2 Å². The molecule has 2 aromatic rings. The molecule has 2 aromatic carbocycles. The summed E-state index contributed by atoms with van der Waals surface area (Å²) in [6, 6.07) is 9.32. The monoisotopic (exact) mass is 807 g/mol. The van der Waals surface area contributed by atoms with Crippen molar-refractivity contribution in [1.82, 2.24) is 0 Å². The van der Waals surface area contributed by atoms with Crippen molar-refractivity contribution >= 4 is 30.8 Å². The molecule has 278 valence electrons. The van der Waals surface area contributed by atoms with E-state index < -0.39 is 16.2 Å². The van der Waals surface area contributed by atoms with Crippen LogP contribution in [0.4, 0.5) is 0 Å². The Labute approximate surface area is 316 Å². The first-order chi connectivity index (χ1) is 22.6. The number of aliphatic carboxylic acids is 1. The Kier molecular flexibility index (Phi) is 21.9. The molecule has 3 aliphatic rings. The summed E-state index contributed by atoms with van der Waals surface area (Å²) in [6.07, 6.45) is 15.0. The van der Waals surface area contributed by atoms with Gasteiger partial charge in [-0.25, -0.2) is 18.6 Å². The number of hydrogen-bond donors (Lipinski definition) is 0. The number of nitriles is 1. The van der Waals surface area contributed by atoms with Gasteiger partial charge < -0.3 is 20.1 Å². The minimum atomic E-state index is -4.94. The van der Waals surface area contributed by atoms with E-state index in [-0.39, 0.29) is 69.8 Å². The zero-order chi connectivity index (χ0) is 35.9. The molecule has 2 aliphatic carbocycles. The number of carbonyl (C=O) groups is 1. The fourth-order valence-electron chi connectivity index (χ4n) is 5.63. The molecule has 50 heavy (non-hydrogen) atoms. The number of aryl methyl sites for hydroxylation is 2. The third kappa shape index (κ3) is 17.2. The SMILES string of the molecule is CC#N.CC(=O)[O-].Cc1cc2c([O-])c(c1)C=N[C@@H]1CCCC[C@H]1N=Cc1cc(C)cc(c1[O-])C=N[C@@H]1CCCC[C@H]1N=C2.[Cu+2].[Cu+2].[O-][Cl+3]([O-])([O-])[O-]. The van der Waals surface area contributed by atoms with Crippen LogP contribution in [0.15, 0.2) is 44.2 Å². The maximum Gasteiger partial charge on any atom is 2.00 e. The van der Waals surface area contributed by atoms with Gasteiger partial charge in [-0.3, -0.25) is 20.0 Å². The smallest absolute Gasteiger partial charge is 0.872 e. The van der Waals surface area contributed by atoms with Crippen LogP contribution < -0.4 is 34.0 Å². The number of benzene rings is 2. The molecular formula is C34H40ClCu2N5O8. The average molecular weight is 809 g/mol.